The zero-order chi connectivity index (χ0) is 14.1. The Hall–Kier alpha value is -0.910. The van der Waals surface area contributed by atoms with Gasteiger partial charge in [0.25, 0.3) is 0 Å². The molecule has 0 aromatic heterocycles. The summed E-state index contributed by atoms with van der Waals surface area (Å²) in [4.78, 5) is 0.359. The van der Waals surface area contributed by atoms with E-state index in [2.05, 4.69) is 4.72 Å². The van der Waals surface area contributed by atoms with Crippen LogP contribution in [0.25, 0.3) is 0 Å². The van der Waals surface area contributed by atoms with E-state index >= 15 is 0 Å². The SMILES string of the molecule is Cc1cc(CN)ccc1S(=O)(=O)NC1(C)CCCC1. The van der Waals surface area contributed by atoms with Crippen molar-refractivity contribution < 1.29 is 8.42 Å². The molecule has 1 aromatic carbocycles. The molecule has 4 nitrogen and oxygen atoms in total. The Kier molecular flexibility index (Phi) is 3.99. The maximum absolute atomic E-state index is 12.5. The lowest BCUT2D eigenvalue weighted by atomic mass is 10.0. The molecule has 106 valence electrons. The van der Waals surface area contributed by atoms with Gasteiger partial charge in [-0.05, 0) is 43.9 Å². The summed E-state index contributed by atoms with van der Waals surface area (Å²) in [6, 6.07) is 5.27. The molecule has 0 aliphatic heterocycles. The summed E-state index contributed by atoms with van der Waals surface area (Å²) in [7, 11) is -3.45. The molecule has 0 atom stereocenters. The third-order valence-corrected chi connectivity index (χ3v) is 5.65. The quantitative estimate of drug-likeness (QED) is 0.888. The standard InChI is InChI=1S/C14H22N2O2S/c1-11-9-12(10-15)5-6-13(11)19(17,18)16-14(2)7-3-4-8-14/h5-6,9,16H,3-4,7-8,10,15H2,1-2H3. The molecule has 1 aliphatic rings. The van der Waals surface area contributed by atoms with Crippen molar-refractivity contribution in [2.24, 2.45) is 5.73 Å². The third-order valence-electron chi connectivity index (χ3n) is 3.85. The lowest BCUT2D eigenvalue weighted by Crippen LogP contribution is -2.43. The maximum Gasteiger partial charge on any atom is 0.241 e. The molecule has 1 fully saturated rings. The molecule has 5 heteroatoms. The van der Waals surface area contributed by atoms with Crippen LogP contribution in [0.4, 0.5) is 0 Å². The molecule has 1 saturated carbocycles. The van der Waals surface area contributed by atoms with E-state index < -0.39 is 10.0 Å². The van der Waals surface area contributed by atoms with E-state index in [-0.39, 0.29) is 5.54 Å². The van der Waals surface area contributed by atoms with E-state index in [1.165, 1.54) is 0 Å². The highest BCUT2D eigenvalue weighted by molar-refractivity contribution is 7.89. The Bertz CT molecular complexity index is 561. The second-order valence-electron chi connectivity index (χ2n) is 5.68. The predicted molar refractivity (Wildman–Crippen MR) is 76.3 cm³/mol. The molecular weight excluding hydrogens is 260 g/mol. The molecule has 19 heavy (non-hydrogen) atoms. The predicted octanol–water partition coefficient (Wildman–Crippen LogP) is 2.06. The molecule has 3 N–H and O–H groups in total. The van der Waals surface area contributed by atoms with Crippen molar-refractivity contribution in [1.29, 1.82) is 0 Å². The van der Waals surface area contributed by atoms with Crippen LogP contribution in [0.1, 0.15) is 43.7 Å². The number of hydrogen-bond acceptors (Lipinski definition) is 3. The van der Waals surface area contributed by atoms with Crippen molar-refractivity contribution in [3.63, 3.8) is 0 Å². The highest BCUT2D eigenvalue weighted by atomic mass is 32.2. The van der Waals surface area contributed by atoms with Crippen LogP contribution in [-0.4, -0.2) is 14.0 Å². The first-order valence-electron chi connectivity index (χ1n) is 6.70. The van der Waals surface area contributed by atoms with Crippen LogP contribution >= 0.6 is 0 Å². The van der Waals surface area contributed by atoms with Gasteiger partial charge in [-0.1, -0.05) is 25.0 Å². The molecule has 1 aromatic rings. The van der Waals surface area contributed by atoms with Gasteiger partial charge in [-0.25, -0.2) is 13.1 Å². The summed E-state index contributed by atoms with van der Waals surface area (Å²) in [5.41, 5.74) is 6.97. The van der Waals surface area contributed by atoms with Crippen LogP contribution in [0.5, 0.6) is 0 Å². The minimum atomic E-state index is -3.45. The van der Waals surface area contributed by atoms with Gasteiger partial charge in [0.1, 0.15) is 0 Å². The summed E-state index contributed by atoms with van der Waals surface area (Å²) >= 11 is 0. The fraction of sp³-hybridized carbons (Fsp3) is 0.571. The van der Waals surface area contributed by atoms with Crippen LogP contribution < -0.4 is 10.5 Å². The van der Waals surface area contributed by atoms with Gasteiger partial charge < -0.3 is 5.73 Å². The van der Waals surface area contributed by atoms with Crippen LogP contribution in [0.2, 0.25) is 0 Å². The van der Waals surface area contributed by atoms with Crippen LogP contribution in [-0.2, 0) is 16.6 Å². The van der Waals surface area contributed by atoms with Gasteiger partial charge in [0.15, 0.2) is 0 Å². The van der Waals surface area contributed by atoms with E-state index in [0.29, 0.717) is 11.4 Å². The third kappa shape index (κ3) is 3.16. The molecule has 2 rings (SSSR count). The Morgan fingerprint density at radius 1 is 1.32 bits per heavy atom. The zero-order valence-corrected chi connectivity index (χ0v) is 12.4. The summed E-state index contributed by atoms with van der Waals surface area (Å²) in [5.74, 6) is 0. The molecule has 1 aliphatic carbocycles. The number of rotatable bonds is 4. The van der Waals surface area contributed by atoms with Gasteiger partial charge >= 0.3 is 0 Å². The molecule has 0 unspecified atom stereocenters. The van der Waals surface area contributed by atoms with Crippen molar-refractivity contribution >= 4 is 10.0 Å². The highest BCUT2D eigenvalue weighted by Crippen LogP contribution is 2.31. The minimum Gasteiger partial charge on any atom is -0.326 e. The Labute approximate surface area is 115 Å². The monoisotopic (exact) mass is 282 g/mol. The number of sulfonamides is 1. The topological polar surface area (TPSA) is 72.2 Å². The lowest BCUT2D eigenvalue weighted by Gasteiger charge is -2.25. The van der Waals surface area contributed by atoms with Crippen molar-refractivity contribution in [3.8, 4) is 0 Å². The van der Waals surface area contributed by atoms with E-state index in [0.717, 1.165) is 36.8 Å². The van der Waals surface area contributed by atoms with Gasteiger partial charge in [-0.3, -0.25) is 0 Å². The first-order chi connectivity index (χ1) is 8.86. The average Bonchev–Trinajstić information content (AvgIpc) is 2.74. The lowest BCUT2D eigenvalue weighted by molar-refractivity contribution is 0.427. The number of hydrogen-bond donors (Lipinski definition) is 2. The largest absolute Gasteiger partial charge is 0.326 e. The molecule has 0 bridgehead atoms. The zero-order valence-electron chi connectivity index (χ0n) is 11.6. The van der Waals surface area contributed by atoms with Crippen molar-refractivity contribution in [2.75, 3.05) is 0 Å². The van der Waals surface area contributed by atoms with Gasteiger partial charge in [0.05, 0.1) is 4.90 Å². The van der Waals surface area contributed by atoms with Crippen molar-refractivity contribution in [2.45, 2.75) is 56.5 Å². The first-order valence-corrected chi connectivity index (χ1v) is 8.18. The maximum atomic E-state index is 12.5. The van der Waals surface area contributed by atoms with Crippen molar-refractivity contribution in [1.82, 2.24) is 4.72 Å². The fourth-order valence-electron chi connectivity index (χ4n) is 2.78. The smallest absolute Gasteiger partial charge is 0.241 e. The fourth-order valence-corrected chi connectivity index (χ4v) is 4.47. The first kappa shape index (κ1) is 14.5. The van der Waals surface area contributed by atoms with Gasteiger partial charge in [0.2, 0.25) is 10.0 Å². The van der Waals surface area contributed by atoms with E-state index in [4.69, 9.17) is 5.73 Å². The number of benzene rings is 1. The van der Waals surface area contributed by atoms with E-state index in [1.54, 1.807) is 12.1 Å². The molecule has 0 radical (unpaired) electrons. The Balaban J connectivity index is 2.29. The number of nitrogens with one attached hydrogen (secondary N) is 1. The Morgan fingerprint density at radius 2 is 1.95 bits per heavy atom. The van der Waals surface area contributed by atoms with Gasteiger partial charge in [-0.15, -0.1) is 0 Å². The van der Waals surface area contributed by atoms with Crippen LogP contribution in [0.3, 0.4) is 0 Å². The number of nitrogens with two attached hydrogens (primary N) is 1. The summed E-state index contributed by atoms with van der Waals surface area (Å²) in [6.07, 6.45) is 3.99. The minimum absolute atomic E-state index is 0.294. The number of aryl methyl sites for hydroxylation is 1. The van der Waals surface area contributed by atoms with Gasteiger partial charge in [0, 0.05) is 12.1 Å². The van der Waals surface area contributed by atoms with E-state index in [9.17, 15) is 8.42 Å². The molecule has 0 amide bonds. The van der Waals surface area contributed by atoms with Crippen LogP contribution in [0, 0.1) is 6.92 Å². The molecule has 0 heterocycles. The summed E-state index contributed by atoms with van der Waals surface area (Å²) in [6.45, 7) is 4.22. The van der Waals surface area contributed by atoms with Crippen LogP contribution in [0.15, 0.2) is 23.1 Å². The Morgan fingerprint density at radius 3 is 2.47 bits per heavy atom. The van der Waals surface area contributed by atoms with Crippen molar-refractivity contribution in [3.05, 3.63) is 29.3 Å². The second-order valence-corrected chi connectivity index (χ2v) is 7.33. The molecule has 0 spiro atoms. The summed E-state index contributed by atoms with van der Waals surface area (Å²) < 4.78 is 27.8. The molecule has 0 saturated heterocycles. The summed E-state index contributed by atoms with van der Waals surface area (Å²) in [5, 5.41) is 0. The van der Waals surface area contributed by atoms with E-state index in [1.807, 2.05) is 19.9 Å². The average molecular weight is 282 g/mol. The molecular formula is C14H22N2O2S. The second kappa shape index (κ2) is 5.23. The van der Waals surface area contributed by atoms with Gasteiger partial charge in [-0.2, -0.15) is 0 Å². The normalized spacial score (nSPS) is 18.7. The highest BCUT2D eigenvalue weighted by Gasteiger charge is 2.33.